The molecule has 0 radical (unpaired) electrons. The molecule has 0 aromatic heterocycles. The first-order chi connectivity index (χ1) is 15.7. The molecule has 0 bridgehead atoms. The first kappa shape index (κ1) is 27.0. The van der Waals surface area contributed by atoms with Crippen molar-refractivity contribution < 1.29 is 13.2 Å². The van der Waals surface area contributed by atoms with Gasteiger partial charge in [-0.1, -0.05) is 35.9 Å². The molecule has 2 fully saturated rings. The van der Waals surface area contributed by atoms with Gasteiger partial charge in [0.05, 0.1) is 4.90 Å². The quantitative estimate of drug-likeness (QED) is 0.538. The number of carbonyl (C=O) groups excluding carboxylic acids is 1. The fraction of sp³-hybridized carbons (Fsp3) is 0.500. The molecule has 2 N–H and O–H groups in total. The van der Waals surface area contributed by atoms with Crippen LogP contribution in [-0.4, -0.2) is 44.6 Å². The van der Waals surface area contributed by atoms with E-state index in [2.05, 4.69) is 11.0 Å². The third-order valence-electron chi connectivity index (χ3n) is 7.36. The first-order valence-electron chi connectivity index (χ1n) is 11.8. The summed E-state index contributed by atoms with van der Waals surface area (Å²) >= 11 is 6.25. The summed E-state index contributed by atoms with van der Waals surface area (Å²) in [6.07, 6.45) is 7.48. The maximum Gasteiger partial charge on any atom is 0.225 e. The number of carbonyl (C=O) groups is 1. The van der Waals surface area contributed by atoms with Gasteiger partial charge in [0, 0.05) is 41.7 Å². The highest BCUT2D eigenvalue weighted by atomic mass is 35.5. The molecule has 186 valence electrons. The lowest BCUT2D eigenvalue weighted by molar-refractivity contribution is -0.135. The average Bonchev–Trinajstić information content (AvgIpc) is 3.65. The van der Waals surface area contributed by atoms with Crippen LogP contribution in [0.5, 0.6) is 0 Å². The zero-order valence-corrected chi connectivity index (χ0v) is 22.0. The minimum atomic E-state index is -3.25. The van der Waals surface area contributed by atoms with Gasteiger partial charge in [-0.3, -0.25) is 4.79 Å². The molecule has 0 unspecified atom stereocenters. The molecular formula is C26H34Cl2N2O3S. The van der Waals surface area contributed by atoms with Crippen molar-refractivity contribution in [3.63, 3.8) is 0 Å². The molecule has 5 nitrogen and oxygen atoms in total. The Bertz CT molecular complexity index is 1110. The van der Waals surface area contributed by atoms with Crippen molar-refractivity contribution >= 4 is 39.8 Å². The van der Waals surface area contributed by atoms with Crippen molar-refractivity contribution in [3.05, 3.63) is 64.7 Å². The Morgan fingerprint density at radius 1 is 1.09 bits per heavy atom. The van der Waals surface area contributed by atoms with E-state index in [0.717, 1.165) is 49.1 Å². The lowest BCUT2D eigenvalue weighted by Gasteiger charge is -2.44. The van der Waals surface area contributed by atoms with E-state index in [1.165, 1.54) is 11.8 Å². The van der Waals surface area contributed by atoms with E-state index in [4.69, 9.17) is 17.3 Å². The van der Waals surface area contributed by atoms with Gasteiger partial charge < -0.3 is 10.6 Å². The van der Waals surface area contributed by atoms with Gasteiger partial charge in [-0.2, -0.15) is 0 Å². The highest BCUT2D eigenvalue weighted by Gasteiger charge is 2.41. The summed E-state index contributed by atoms with van der Waals surface area (Å²) in [6.45, 7) is 1.18. The largest absolute Gasteiger partial charge is 0.339 e. The van der Waals surface area contributed by atoms with Crippen molar-refractivity contribution in [2.45, 2.75) is 61.3 Å². The summed E-state index contributed by atoms with van der Waals surface area (Å²) in [5, 5.41) is 0.726. The van der Waals surface area contributed by atoms with Crippen LogP contribution >= 0.6 is 24.0 Å². The third kappa shape index (κ3) is 6.14. The van der Waals surface area contributed by atoms with Gasteiger partial charge in [0.1, 0.15) is 0 Å². The molecule has 0 atom stereocenters. The number of nitrogens with two attached hydrogens (primary N) is 1. The summed E-state index contributed by atoms with van der Waals surface area (Å²) < 4.78 is 23.8. The zero-order valence-electron chi connectivity index (χ0n) is 19.6. The Morgan fingerprint density at radius 2 is 1.76 bits per heavy atom. The Hall–Kier alpha value is -1.60. The number of hydrogen-bond acceptors (Lipinski definition) is 4. The van der Waals surface area contributed by atoms with Crippen LogP contribution in [-0.2, 0) is 26.5 Å². The number of benzene rings is 2. The summed E-state index contributed by atoms with van der Waals surface area (Å²) in [5.41, 5.74) is 8.30. The van der Waals surface area contributed by atoms with E-state index in [1.807, 2.05) is 24.3 Å². The molecule has 2 saturated carbocycles. The minimum Gasteiger partial charge on any atom is -0.339 e. The van der Waals surface area contributed by atoms with Crippen LogP contribution in [0.2, 0.25) is 5.02 Å². The topological polar surface area (TPSA) is 80.5 Å². The Labute approximate surface area is 214 Å². The van der Waals surface area contributed by atoms with Gasteiger partial charge in [0.2, 0.25) is 5.91 Å². The molecule has 8 heteroatoms. The Balaban J connectivity index is 0.00000324. The van der Waals surface area contributed by atoms with E-state index in [-0.39, 0.29) is 35.7 Å². The van der Waals surface area contributed by atoms with E-state index >= 15 is 0 Å². The molecule has 2 aliphatic carbocycles. The fourth-order valence-corrected chi connectivity index (χ4v) is 6.00. The molecule has 2 aromatic rings. The van der Waals surface area contributed by atoms with Gasteiger partial charge in [-0.05, 0) is 80.3 Å². The second kappa shape index (κ2) is 11.0. The molecule has 0 heterocycles. The highest BCUT2D eigenvalue weighted by Crippen LogP contribution is 2.42. The fourth-order valence-electron chi connectivity index (χ4n) is 5.11. The van der Waals surface area contributed by atoms with Crippen LogP contribution in [0.1, 0.15) is 49.7 Å². The van der Waals surface area contributed by atoms with Crippen LogP contribution in [0.15, 0.2) is 53.4 Å². The normalized spacial score (nSPS) is 22.6. The number of sulfone groups is 1. The second-order valence-corrected chi connectivity index (χ2v) is 12.2. The van der Waals surface area contributed by atoms with Crippen molar-refractivity contribution in [2.24, 2.45) is 11.7 Å². The van der Waals surface area contributed by atoms with Gasteiger partial charge >= 0.3 is 0 Å². The van der Waals surface area contributed by atoms with Crippen LogP contribution in [0.25, 0.3) is 0 Å². The predicted molar refractivity (Wildman–Crippen MR) is 139 cm³/mol. The van der Waals surface area contributed by atoms with Gasteiger partial charge in [0.25, 0.3) is 0 Å². The first-order valence-corrected chi connectivity index (χ1v) is 14.0. The molecule has 4 rings (SSSR count). The average molecular weight is 526 g/mol. The highest BCUT2D eigenvalue weighted by molar-refractivity contribution is 7.90. The predicted octanol–water partition coefficient (Wildman–Crippen LogP) is 4.79. The Morgan fingerprint density at radius 3 is 2.35 bits per heavy atom. The lowest BCUT2D eigenvalue weighted by atomic mass is 9.68. The minimum absolute atomic E-state index is 0. The standard InChI is InChI=1S/C26H33ClN2O3S.ClH/c1-33(31,32)24-7-2-4-19(16-24)12-15-29(25(30)20-8-9-20)23-10-13-26(18-28,14-11-23)21-5-3-6-22(27)17-21;/h2-7,16-17,20,23H,8-15,18,28H2,1H3;1H. The van der Waals surface area contributed by atoms with Crippen molar-refractivity contribution in [1.29, 1.82) is 0 Å². The van der Waals surface area contributed by atoms with E-state index in [9.17, 15) is 13.2 Å². The number of nitrogens with zero attached hydrogens (tertiary/aromatic N) is 1. The van der Waals surface area contributed by atoms with Crippen molar-refractivity contribution in [3.8, 4) is 0 Å². The zero-order chi connectivity index (χ0) is 23.6. The molecule has 0 aliphatic heterocycles. The maximum atomic E-state index is 13.2. The molecule has 0 spiro atoms. The number of amides is 1. The summed E-state index contributed by atoms with van der Waals surface area (Å²) in [7, 11) is -3.25. The smallest absolute Gasteiger partial charge is 0.225 e. The van der Waals surface area contributed by atoms with Crippen LogP contribution < -0.4 is 5.73 Å². The number of hydrogen-bond donors (Lipinski definition) is 1. The third-order valence-corrected chi connectivity index (χ3v) is 8.70. The number of halogens is 2. The van der Waals surface area contributed by atoms with Crippen LogP contribution in [0.3, 0.4) is 0 Å². The molecule has 34 heavy (non-hydrogen) atoms. The van der Waals surface area contributed by atoms with Crippen molar-refractivity contribution in [2.75, 3.05) is 19.3 Å². The molecule has 2 aliphatic rings. The van der Waals surface area contributed by atoms with Crippen molar-refractivity contribution in [1.82, 2.24) is 4.90 Å². The van der Waals surface area contributed by atoms with Gasteiger partial charge in [-0.25, -0.2) is 8.42 Å². The number of rotatable bonds is 8. The van der Waals surface area contributed by atoms with E-state index in [1.54, 1.807) is 18.2 Å². The second-order valence-electron chi connectivity index (χ2n) is 9.70. The summed E-state index contributed by atoms with van der Waals surface area (Å²) in [6, 6.07) is 15.3. The lowest BCUT2D eigenvalue weighted by Crippen LogP contribution is -2.48. The molecule has 0 saturated heterocycles. The maximum absolute atomic E-state index is 13.2. The SMILES string of the molecule is CS(=O)(=O)c1cccc(CCN(C(=O)C2CC2)C2CCC(CN)(c3cccc(Cl)c3)CC2)c1.Cl. The van der Waals surface area contributed by atoms with Crippen LogP contribution in [0.4, 0.5) is 0 Å². The monoisotopic (exact) mass is 524 g/mol. The summed E-state index contributed by atoms with van der Waals surface area (Å²) in [5.74, 6) is 0.406. The van der Waals surface area contributed by atoms with Crippen LogP contribution in [0, 0.1) is 5.92 Å². The molecule has 1 amide bonds. The Kier molecular flexibility index (Phi) is 8.72. The summed E-state index contributed by atoms with van der Waals surface area (Å²) in [4.78, 5) is 15.6. The van der Waals surface area contributed by atoms with Gasteiger partial charge in [-0.15, -0.1) is 12.4 Å². The van der Waals surface area contributed by atoms with Gasteiger partial charge in [0.15, 0.2) is 9.84 Å². The van der Waals surface area contributed by atoms with E-state index < -0.39 is 9.84 Å². The molecular weight excluding hydrogens is 491 g/mol. The van der Waals surface area contributed by atoms with E-state index in [0.29, 0.717) is 24.4 Å². The molecule has 2 aromatic carbocycles.